The van der Waals surface area contributed by atoms with E-state index in [1.807, 2.05) is 24.4 Å². The first-order valence-corrected chi connectivity index (χ1v) is 10.1. The SMILES string of the molecule is COc1ccc([N+](=O)[O-])cc1NC(=O)c1ccccc1SCc1csc(C)n1. The second kappa shape index (κ2) is 8.85. The fourth-order valence-electron chi connectivity index (χ4n) is 2.50. The summed E-state index contributed by atoms with van der Waals surface area (Å²) in [5.74, 6) is 0.632. The van der Waals surface area contributed by atoms with Gasteiger partial charge in [0.2, 0.25) is 0 Å². The van der Waals surface area contributed by atoms with Gasteiger partial charge in [0, 0.05) is 28.2 Å². The van der Waals surface area contributed by atoms with Crippen molar-refractivity contribution in [3.63, 3.8) is 0 Å². The predicted octanol–water partition coefficient (Wildman–Crippen LogP) is 4.91. The minimum Gasteiger partial charge on any atom is -0.495 e. The Labute approximate surface area is 169 Å². The molecule has 144 valence electrons. The molecule has 0 fully saturated rings. The molecule has 1 amide bonds. The van der Waals surface area contributed by atoms with E-state index >= 15 is 0 Å². The zero-order valence-corrected chi connectivity index (χ0v) is 16.8. The standard InChI is InChI=1S/C19H17N3O4S2/c1-12-20-13(10-27-12)11-28-18-6-4-3-5-15(18)19(23)21-16-9-14(22(24)25)7-8-17(16)26-2/h3-10H,11H2,1-2H3,(H,21,23). The molecule has 0 atom stereocenters. The Kier molecular flexibility index (Phi) is 6.27. The highest BCUT2D eigenvalue weighted by atomic mass is 32.2. The smallest absolute Gasteiger partial charge is 0.271 e. The number of nitro groups is 1. The number of ether oxygens (including phenoxy) is 1. The van der Waals surface area contributed by atoms with Crippen LogP contribution in [0.1, 0.15) is 21.1 Å². The number of amides is 1. The summed E-state index contributed by atoms with van der Waals surface area (Å²) >= 11 is 3.10. The number of benzene rings is 2. The molecule has 1 heterocycles. The van der Waals surface area contributed by atoms with Gasteiger partial charge in [0.05, 0.1) is 34.0 Å². The van der Waals surface area contributed by atoms with E-state index in [0.717, 1.165) is 15.6 Å². The lowest BCUT2D eigenvalue weighted by molar-refractivity contribution is -0.384. The number of aryl methyl sites for hydroxylation is 1. The lowest BCUT2D eigenvalue weighted by atomic mass is 10.2. The van der Waals surface area contributed by atoms with E-state index in [1.165, 1.54) is 37.1 Å². The third kappa shape index (κ3) is 4.68. The van der Waals surface area contributed by atoms with Gasteiger partial charge in [-0.3, -0.25) is 14.9 Å². The monoisotopic (exact) mass is 415 g/mol. The van der Waals surface area contributed by atoms with Crippen LogP contribution in [0.5, 0.6) is 5.75 Å². The number of thioether (sulfide) groups is 1. The second-order valence-electron chi connectivity index (χ2n) is 5.74. The molecule has 0 saturated carbocycles. The Morgan fingerprint density at radius 2 is 2.11 bits per heavy atom. The maximum absolute atomic E-state index is 12.8. The lowest BCUT2D eigenvalue weighted by Gasteiger charge is -2.12. The summed E-state index contributed by atoms with van der Waals surface area (Å²) < 4.78 is 5.21. The first-order valence-electron chi connectivity index (χ1n) is 8.24. The third-order valence-electron chi connectivity index (χ3n) is 3.82. The van der Waals surface area contributed by atoms with Gasteiger partial charge in [0.1, 0.15) is 5.75 Å². The molecular weight excluding hydrogens is 398 g/mol. The summed E-state index contributed by atoms with van der Waals surface area (Å²) in [6.07, 6.45) is 0. The Morgan fingerprint density at radius 3 is 2.79 bits per heavy atom. The summed E-state index contributed by atoms with van der Waals surface area (Å²) in [4.78, 5) is 28.6. The Hall–Kier alpha value is -2.91. The number of nitro benzene ring substituents is 1. The quantitative estimate of drug-likeness (QED) is 0.335. The number of carbonyl (C=O) groups excluding carboxylic acids is 1. The zero-order valence-electron chi connectivity index (χ0n) is 15.2. The fraction of sp³-hybridized carbons (Fsp3) is 0.158. The maximum Gasteiger partial charge on any atom is 0.271 e. The van der Waals surface area contributed by atoms with Crippen LogP contribution in [0, 0.1) is 17.0 Å². The average molecular weight is 415 g/mol. The Bertz CT molecular complexity index is 1020. The highest BCUT2D eigenvalue weighted by Crippen LogP contribution is 2.31. The van der Waals surface area contributed by atoms with Crippen LogP contribution in [0.4, 0.5) is 11.4 Å². The van der Waals surface area contributed by atoms with Gasteiger partial charge in [-0.15, -0.1) is 23.1 Å². The number of nitrogens with zero attached hydrogens (tertiary/aromatic N) is 2. The number of carbonyl (C=O) groups is 1. The molecule has 3 aromatic rings. The summed E-state index contributed by atoms with van der Waals surface area (Å²) in [6.45, 7) is 1.95. The highest BCUT2D eigenvalue weighted by molar-refractivity contribution is 7.98. The van der Waals surface area contributed by atoms with E-state index in [-0.39, 0.29) is 17.3 Å². The molecule has 28 heavy (non-hydrogen) atoms. The Balaban J connectivity index is 1.81. The maximum atomic E-state index is 12.8. The van der Waals surface area contributed by atoms with E-state index in [2.05, 4.69) is 10.3 Å². The minimum absolute atomic E-state index is 0.127. The van der Waals surface area contributed by atoms with Crippen molar-refractivity contribution in [3.8, 4) is 5.75 Å². The number of hydrogen-bond acceptors (Lipinski definition) is 7. The van der Waals surface area contributed by atoms with E-state index in [4.69, 9.17) is 4.74 Å². The van der Waals surface area contributed by atoms with E-state index < -0.39 is 4.92 Å². The van der Waals surface area contributed by atoms with Crippen LogP contribution < -0.4 is 10.1 Å². The molecule has 0 spiro atoms. The molecule has 0 radical (unpaired) electrons. The average Bonchev–Trinajstić information content (AvgIpc) is 3.11. The molecule has 0 aliphatic rings. The number of nitrogens with one attached hydrogen (secondary N) is 1. The van der Waals surface area contributed by atoms with Crippen LogP contribution in [0.15, 0.2) is 52.7 Å². The Morgan fingerprint density at radius 1 is 1.32 bits per heavy atom. The molecule has 9 heteroatoms. The number of hydrogen-bond donors (Lipinski definition) is 1. The molecule has 1 aromatic heterocycles. The van der Waals surface area contributed by atoms with Crippen LogP contribution in [0.25, 0.3) is 0 Å². The third-order valence-corrected chi connectivity index (χ3v) is 5.75. The van der Waals surface area contributed by atoms with E-state index in [0.29, 0.717) is 17.1 Å². The summed E-state index contributed by atoms with van der Waals surface area (Å²) in [6, 6.07) is 11.3. The molecule has 0 saturated heterocycles. The normalized spacial score (nSPS) is 10.5. The van der Waals surface area contributed by atoms with E-state index in [9.17, 15) is 14.9 Å². The summed E-state index contributed by atoms with van der Waals surface area (Å²) in [5, 5.41) is 16.7. The number of thiazole rings is 1. The molecule has 3 rings (SSSR count). The second-order valence-corrected chi connectivity index (χ2v) is 7.82. The van der Waals surface area contributed by atoms with Crippen LogP contribution in [0.3, 0.4) is 0 Å². The molecule has 1 N–H and O–H groups in total. The first kappa shape index (κ1) is 19.8. The van der Waals surface area contributed by atoms with Gasteiger partial charge < -0.3 is 10.1 Å². The van der Waals surface area contributed by atoms with Crippen molar-refractivity contribution in [1.82, 2.24) is 4.98 Å². The zero-order chi connectivity index (χ0) is 20.1. The topological polar surface area (TPSA) is 94.4 Å². The summed E-state index contributed by atoms with van der Waals surface area (Å²) in [5.41, 5.74) is 1.56. The number of anilines is 1. The van der Waals surface area contributed by atoms with Crippen molar-refractivity contribution in [2.24, 2.45) is 0 Å². The summed E-state index contributed by atoms with van der Waals surface area (Å²) in [7, 11) is 1.44. The van der Waals surface area contributed by atoms with E-state index in [1.54, 1.807) is 23.5 Å². The van der Waals surface area contributed by atoms with Crippen LogP contribution in [-0.2, 0) is 5.75 Å². The van der Waals surface area contributed by atoms with Crippen molar-refractivity contribution in [3.05, 3.63) is 74.2 Å². The van der Waals surface area contributed by atoms with Crippen LogP contribution in [-0.4, -0.2) is 22.9 Å². The molecular formula is C19H17N3O4S2. The van der Waals surface area contributed by atoms with Gasteiger partial charge in [-0.25, -0.2) is 4.98 Å². The fourth-order valence-corrected chi connectivity index (χ4v) is 4.16. The predicted molar refractivity (Wildman–Crippen MR) is 110 cm³/mol. The largest absolute Gasteiger partial charge is 0.495 e. The molecule has 0 unspecified atom stereocenters. The lowest BCUT2D eigenvalue weighted by Crippen LogP contribution is -2.14. The van der Waals surface area contributed by atoms with Crippen molar-refractivity contribution in [1.29, 1.82) is 0 Å². The number of rotatable bonds is 7. The van der Waals surface area contributed by atoms with Crippen molar-refractivity contribution in [2.45, 2.75) is 17.6 Å². The van der Waals surface area contributed by atoms with Gasteiger partial charge in [0.15, 0.2) is 0 Å². The van der Waals surface area contributed by atoms with Crippen molar-refractivity contribution in [2.75, 3.05) is 12.4 Å². The van der Waals surface area contributed by atoms with Gasteiger partial charge in [0.25, 0.3) is 11.6 Å². The van der Waals surface area contributed by atoms with Crippen molar-refractivity contribution >= 4 is 40.4 Å². The van der Waals surface area contributed by atoms with Crippen molar-refractivity contribution < 1.29 is 14.5 Å². The van der Waals surface area contributed by atoms with Crippen LogP contribution in [0.2, 0.25) is 0 Å². The number of methoxy groups -OCH3 is 1. The van der Waals surface area contributed by atoms with Gasteiger partial charge in [-0.1, -0.05) is 12.1 Å². The number of aromatic nitrogens is 1. The molecule has 0 aliphatic heterocycles. The molecule has 0 aliphatic carbocycles. The molecule has 0 bridgehead atoms. The molecule has 7 nitrogen and oxygen atoms in total. The van der Waals surface area contributed by atoms with Gasteiger partial charge >= 0.3 is 0 Å². The van der Waals surface area contributed by atoms with Gasteiger partial charge in [-0.2, -0.15) is 0 Å². The minimum atomic E-state index is -0.519. The van der Waals surface area contributed by atoms with Gasteiger partial charge in [-0.05, 0) is 25.1 Å². The first-order chi connectivity index (χ1) is 13.5. The highest BCUT2D eigenvalue weighted by Gasteiger charge is 2.17. The van der Waals surface area contributed by atoms with Crippen LogP contribution >= 0.6 is 23.1 Å². The molecule has 2 aromatic carbocycles. The number of non-ortho nitro benzene ring substituents is 1.